The van der Waals surface area contributed by atoms with Crippen molar-refractivity contribution < 1.29 is 27.4 Å². The first-order valence-electron chi connectivity index (χ1n) is 10.1. The molecule has 32 heavy (non-hydrogen) atoms. The summed E-state index contributed by atoms with van der Waals surface area (Å²) in [6.07, 6.45) is -5.94. The molecule has 1 aromatic heterocycles. The molecule has 0 bridgehead atoms. The normalized spacial score (nSPS) is 20.7. The molecule has 10 heteroatoms. The third-order valence-electron chi connectivity index (χ3n) is 4.83. The molecule has 2 heterocycles. The average molecular weight is 452 g/mol. The average Bonchev–Trinajstić information content (AvgIpc) is 3.13. The maximum Gasteiger partial charge on any atom is 0.423 e. The van der Waals surface area contributed by atoms with E-state index >= 15 is 0 Å². The summed E-state index contributed by atoms with van der Waals surface area (Å²) in [6, 6.07) is 9.42. The fraction of sp³-hybridized carbons (Fsp3) is 0.455. The second kappa shape index (κ2) is 10.6. The van der Waals surface area contributed by atoms with E-state index in [9.17, 15) is 22.8 Å². The smallest absolute Gasteiger partial charge is 0.374 e. The molecule has 1 aromatic carbocycles. The van der Waals surface area contributed by atoms with Crippen LogP contribution in [0, 0.1) is 11.8 Å². The zero-order valence-electron chi connectivity index (χ0n) is 17.4. The lowest BCUT2D eigenvalue weighted by atomic mass is 10.2. The molecular formula is C22H23F3N2O5. The number of nitrogens with one attached hydrogen (secondary N) is 1. The van der Waals surface area contributed by atoms with Gasteiger partial charge in [0.05, 0.1) is 19.3 Å². The number of H-pyrrole nitrogens is 1. The van der Waals surface area contributed by atoms with Gasteiger partial charge in [-0.15, -0.1) is 5.92 Å². The molecule has 0 aliphatic carbocycles. The number of benzene rings is 1. The van der Waals surface area contributed by atoms with Gasteiger partial charge in [-0.2, -0.15) is 13.2 Å². The molecule has 0 amide bonds. The lowest BCUT2D eigenvalue weighted by molar-refractivity contribution is -0.139. The molecule has 1 fully saturated rings. The number of nitrogens with zero attached hydrogens (tertiary/aromatic N) is 1. The summed E-state index contributed by atoms with van der Waals surface area (Å²) in [7, 11) is 0. The van der Waals surface area contributed by atoms with E-state index in [1.807, 2.05) is 37.3 Å². The van der Waals surface area contributed by atoms with E-state index in [1.54, 1.807) is 4.98 Å². The molecule has 0 radical (unpaired) electrons. The summed E-state index contributed by atoms with van der Waals surface area (Å²) in [5, 5.41) is 0. The highest BCUT2D eigenvalue weighted by Crippen LogP contribution is 2.32. The molecule has 3 rings (SSSR count). The van der Waals surface area contributed by atoms with E-state index < -0.39 is 41.4 Å². The van der Waals surface area contributed by atoms with Gasteiger partial charge in [-0.1, -0.05) is 43.2 Å². The van der Waals surface area contributed by atoms with Crippen LogP contribution < -0.4 is 11.2 Å². The van der Waals surface area contributed by atoms with Crippen molar-refractivity contribution in [2.45, 2.75) is 51.0 Å². The van der Waals surface area contributed by atoms with Gasteiger partial charge in [0.2, 0.25) is 0 Å². The summed E-state index contributed by atoms with van der Waals surface area (Å²) in [5.41, 5.74) is -3.03. The number of ether oxygens (including phenoxy) is 3. The van der Waals surface area contributed by atoms with Crippen molar-refractivity contribution in [3.05, 3.63) is 68.5 Å². The van der Waals surface area contributed by atoms with Gasteiger partial charge < -0.3 is 14.2 Å². The van der Waals surface area contributed by atoms with Gasteiger partial charge in [0, 0.05) is 19.0 Å². The van der Waals surface area contributed by atoms with E-state index in [0.717, 1.165) is 10.1 Å². The summed E-state index contributed by atoms with van der Waals surface area (Å²) in [5.74, 6) is 5.70. The van der Waals surface area contributed by atoms with Crippen molar-refractivity contribution >= 4 is 0 Å². The molecule has 1 saturated heterocycles. The van der Waals surface area contributed by atoms with Gasteiger partial charge in [-0.05, 0) is 5.56 Å². The van der Waals surface area contributed by atoms with Crippen molar-refractivity contribution in [1.29, 1.82) is 0 Å². The number of hydrogen-bond donors (Lipinski definition) is 1. The molecule has 1 aliphatic rings. The number of rotatable bonds is 7. The minimum absolute atomic E-state index is 0.0937. The molecule has 7 nitrogen and oxygen atoms in total. The highest BCUT2D eigenvalue weighted by Gasteiger charge is 2.40. The molecule has 3 atom stereocenters. The third-order valence-corrected chi connectivity index (χ3v) is 4.83. The topological polar surface area (TPSA) is 82.6 Å². The van der Waals surface area contributed by atoms with Crippen molar-refractivity contribution in [2.75, 3.05) is 13.2 Å². The molecule has 2 aromatic rings. The highest BCUT2D eigenvalue weighted by atomic mass is 19.4. The van der Waals surface area contributed by atoms with E-state index in [2.05, 4.69) is 11.8 Å². The Morgan fingerprint density at radius 1 is 1.22 bits per heavy atom. The van der Waals surface area contributed by atoms with E-state index in [-0.39, 0.29) is 19.6 Å². The number of aromatic amines is 1. The van der Waals surface area contributed by atoms with Crippen LogP contribution in [0.5, 0.6) is 0 Å². The largest absolute Gasteiger partial charge is 0.423 e. The Morgan fingerprint density at radius 2 is 1.97 bits per heavy atom. The Balaban J connectivity index is 1.76. The molecule has 1 N–H and O–H groups in total. The van der Waals surface area contributed by atoms with Crippen LogP contribution in [0.25, 0.3) is 0 Å². The second-order valence-electron chi connectivity index (χ2n) is 7.13. The predicted molar refractivity (Wildman–Crippen MR) is 109 cm³/mol. The van der Waals surface area contributed by atoms with Gasteiger partial charge >= 0.3 is 11.9 Å². The van der Waals surface area contributed by atoms with Crippen molar-refractivity contribution in [3.8, 4) is 11.8 Å². The van der Waals surface area contributed by atoms with Crippen molar-refractivity contribution in [2.24, 2.45) is 0 Å². The minimum atomic E-state index is -4.91. The zero-order chi connectivity index (χ0) is 23.1. The first kappa shape index (κ1) is 23.8. The molecular weight excluding hydrogens is 429 g/mol. The number of aromatic nitrogens is 2. The summed E-state index contributed by atoms with van der Waals surface area (Å²) in [4.78, 5) is 25.5. The Hall–Kier alpha value is -2.87. The lowest BCUT2D eigenvalue weighted by Gasteiger charge is -2.18. The Morgan fingerprint density at radius 3 is 2.66 bits per heavy atom. The van der Waals surface area contributed by atoms with Gasteiger partial charge in [-0.3, -0.25) is 14.3 Å². The Kier molecular flexibility index (Phi) is 7.90. The van der Waals surface area contributed by atoms with Crippen molar-refractivity contribution in [1.82, 2.24) is 9.55 Å². The lowest BCUT2D eigenvalue weighted by Crippen LogP contribution is -2.36. The SMILES string of the molecule is CCC#CCO[C@H]1C[C@H](n2cc(C(F)(F)F)c(=O)[nH]c2=O)O[C@@H]1COCc1ccccc1. The number of alkyl halides is 3. The second-order valence-corrected chi connectivity index (χ2v) is 7.13. The molecule has 0 spiro atoms. The van der Waals surface area contributed by atoms with Gasteiger partial charge in [0.15, 0.2) is 0 Å². The fourth-order valence-corrected chi connectivity index (χ4v) is 3.29. The summed E-state index contributed by atoms with van der Waals surface area (Å²) in [6.45, 7) is 2.41. The molecule has 0 unspecified atom stereocenters. The van der Waals surface area contributed by atoms with Crippen LogP contribution >= 0.6 is 0 Å². The van der Waals surface area contributed by atoms with E-state index in [4.69, 9.17) is 14.2 Å². The van der Waals surface area contributed by atoms with E-state index in [0.29, 0.717) is 19.2 Å². The molecule has 0 saturated carbocycles. The zero-order valence-corrected chi connectivity index (χ0v) is 17.4. The quantitative estimate of drug-likeness (QED) is 0.654. The predicted octanol–water partition coefficient (Wildman–Crippen LogP) is 2.86. The highest BCUT2D eigenvalue weighted by molar-refractivity contribution is 5.13. The van der Waals surface area contributed by atoms with Gasteiger partial charge in [-0.25, -0.2) is 4.79 Å². The van der Waals surface area contributed by atoms with Crippen LogP contribution in [0.1, 0.15) is 37.1 Å². The first-order valence-corrected chi connectivity index (χ1v) is 10.1. The van der Waals surface area contributed by atoms with Crippen molar-refractivity contribution in [3.63, 3.8) is 0 Å². The summed E-state index contributed by atoms with van der Waals surface area (Å²) >= 11 is 0. The standard InChI is InChI=1S/C22H23F3N2O5/c1-2-3-7-10-31-17-11-19(27-12-16(22(23,24)25)20(28)26-21(27)29)32-18(17)14-30-13-15-8-5-4-6-9-15/h4-6,8-9,12,17-19H,2,10-11,13-14H2,1H3,(H,26,28,29)/t17-,18+,19+/m0/s1. The van der Waals surface area contributed by atoms with Crippen LogP contribution in [0.3, 0.4) is 0 Å². The van der Waals surface area contributed by atoms with Gasteiger partial charge in [0.1, 0.15) is 24.5 Å². The minimum Gasteiger partial charge on any atom is -0.374 e. The van der Waals surface area contributed by atoms with Crippen LogP contribution in [0.15, 0.2) is 46.1 Å². The molecule has 172 valence electrons. The third kappa shape index (κ3) is 6.09. The monoisotopic (exact) mass is 452 g/mol. The number of halogens is 3. The van der Waals surface area contributed by atoms with Crippen LogP contribution in [0.4, 0.5) is 13.2 Å². The van der Waals surface area contributed by atoms with E-state index in [1.165, 1.54) is 0 Å². The maximum atomic E-state index is 13.1. The molecule has 1 aliphatic heterocycles. The first-order chi connectivity index (χ1) is 15.3. The maximum absolute atomic E-state index is 13.1. The number of hydrogen-bond acceptors (Lipinski definition) is 5. The van der Waals surface area contributed by atoms with Crippen LogP contribution in [-0.4, -0.2) is 35.0 Å². The summed E-state index contributed by atoms with van der Waals surface area (Å²) < 4.78 is 57.4. The van der Waals surface area contributed by atoms with Gasteiger partial charge in [0.25, 0.3) is 5.56 Å². The fourth-order valence-electron chi connectivity index (χ4n) is 3.29. The Labute approximate surface area is 182 Å². The van der Waals surface area contributed by atoms with Crippen LogP contribution in [0.2, 0.25) is 0 Å². The Bertz CT molecular complexity index is 1070. The van der Waals surface area contributed by atoms with Crippen LogP contribution in [-0.2, 0) is 27.0 Å².